The van der Waals surface area contributed by atoms with Gasteiger partial charge in [0.05, 0.1) is 50.0 Å². The Morgan fingerprint density at radius 2 is 1.09 bits per heavy atom. The van der Waals surface area contributed by atoms with Crippen molar-refractivity contribution in [3.63, 3.8) is 0 Å². The molecule has 6 heteroatoms. The highest BCUT2D eigenvalue weighted by Gasteiger charge is 2.27. The summed E-state index contributed by atoms with van der Waals surface area (Å²) in [4.78, 5) is 21.0. The van der Waals surface area contributed by atoms with Gasteiger partial charge in [-0.25, -0.2) is 9.97 Å². The van der Waals surface area contributed by atoms with Crippen molar-refractivity contribution >= 4 is 87.1 Å². The molecule has 6 nitrogen and oxygen atoms in total. The van der Waals surface area contributed by atoms with E-state index >= 15 is 0 Å². The third kappa shape index (κ3) is 3.94. The molecule has 12 aromatic rings. The van der Waals surface area contributed by atoms with Gasteiger partial charge in [0.2, 0.25) is 5.95 Å². The molecular weight excluding hydrogens is 661 g/mol. The third-order valence-electron chi connectivity index (χ3n) is 11.0. The van der Waals surface area contributed by atoms with Crippen molar-refractivity contribution in [3.8, 4) is 22.9 Å². The van der Waals surface area contributed by atoms with E-state index in [1.165, 1.54) is 10.8 Å². The van der Waals surface area contributed by atoms with Crippen LogP contribution in [0.1, 0.15) is 0 Å². The quantitative estimate of drug-likeness (QED) is 0.185. The average molecular weight is 689 g/mol. The van der Waals surface area contributed by atoms with Gasteiger partial charge < -0.3 is 4.57 Å². The van der Waals surface area contributed by atoms with Crippen LogP contribution in [0.25, 0.3) is 110 Å². The van der Waals surface area contributed by atoms with E-state index in [1.807, 2.05) is 24.5 Å². The van der Waals surface area contributed by atoms with Gasteiger partial charge in [-0.05, 0) is 47.2 Å². The minimum absolute atomic E-state index is 0.621. The third-order valence-corrected chi connectivity index (χ3v) is 11.0. The highest BCUT2D eigenvalue weighted by atomic mass is 15.2. The number of para-hydroxylation sites is 3. The molecular formula is C48H28N6. The van der Waals surface area contributed by atoms with Crippen LogP contribution in [0, 0.1) is 0 Å². The zero-order valence-corrected chi connectivity index (χ0v) is 28.8. The highest BCUT2D eigenvalue weighted by Crippen LogP contribution is 2.48. The molecule has 7 aromatic carbocycles. The summed E-state index contributed by atoms with van der Waals surface area (Å²) >= 11 is 0. The van der Waals surface area contributed by atoms with Gasteiger partial charge in [-0.15, -0.1) is 0 Å². The highest BCUT2D eigenvalue weighted by molar-refractivity contribution is 6.38. The van der Waals surface area contributed by atoms with E-state index in [-0.39, 0.29) is 0 Å². The zero-order valence-electron chi connectivity index (χ0n) is 28.8. The standard InChI is InChI=1S/C48H28N6/c1-2-14-30(15-3-1)43-33-19-6-8-22-36(33)51-48(52-43)54-38-26-25-29-13-4-5-18-32(29)40(38)41-35-21-12-28-50-45(35)47-42(46(41)54)34-20-7-9-23-37(34)53(47)39-24-10-16-31-17-11-27-49-44(31)39/h1-28H. The van der Waals surface area contributed by atoms with Crippen LogP contribution in [-0.2, 0) is 0 Å². The lowest BCUT2D eigenvalue weighted by Gasteiger charge is -2.14. The van der Waals surface area contributed by atoms with Gasteiger partial charge in [0.1, 0.15) is 0 Å². The monoisotopic (exact) mass is 688 g/mol. The molecule has 0 aliphatic carbocycles. The molecule has 5 heterocycles. The minimum Gasteiger partial charge on any atom is -0.305 e. The Morgan fingerprint density at radius 1 is 0.389 bits per heavy atom. The summed E-state index contributed by atoms with van der Waals surface area (Å²) in [6, 6.07) is 55.3. The number of hydrogen-bond acceptors (Lipinski definition) is 4. The molecule has 0 atom stereocenters. The lowest BCUT2D eigenvalue weighted by molar-refractivity contribution is 1.02. The maximum atomic E-state index is 5.49. The maximum Gasteiger partial charge on any atom is 0.235 e. The Morgan fingerprint density at radius 3 is 2.00 bits per heavy atom. The van der Waals surface area contributed by atoms with Crippen molar-refractivity contribution in [2.24, 2.45) is 0 Å². The lowest BCUT2D eigenvalue weighted by atomic mass is 9.99. The molecule has 12 rings (SSSR count). The Hall–Kier alpha value is -7.44. The van der Waals surface area contributed by atoms with Crippen molar-refractivity contribution in [3.05, 3.63) is 170 Å². The van der Waals surface area contributed by atoms with Gasteiger partial charge in [0.15, 0.2) is 0 Å². The van der Waals surface area contributed by atoms with Crippen molar-refractivity contribution in [2.45, 2.75) is 0 Å². The van der Waals surface area contributed by atoms with E-state index in [2.05, 4.69) is 155 Å². The molecule has 0 saturated carbocycles. The van der Waals surface area contributed by atoms with E-state index in [0.29, 0.717) is 5.95 Å². The number of nitrogens with zero attached hydrogens (tertiary/aromatic N) is 6. The van der Waals surface area contributed by atoms with Crippen LogP contribution in [0.5, 0.6) is 0 Å². The molecule has 0 fully saturated rings. The zero-order chi connectivity index (χ0) is 35.3. The number of pyridine rings is 2. The molecule has 250 valence electrons. The molecule has 0 saturated heterocycles. The molecule has 5 aromatic heterocycles. The van der Waals surface area contributed by atoms with Crippen molar-refractivity contribution in [1.29, 1.82) is 0 Å². The molecule has 0 amide bonds. The van der Waals surface area contributed by atoms with E-state index in [9.17, 15) is 0 Å². The first-order chi connectivity index (χ1) is 26.8. The lowest BCUT2D eigenvalue weighted by Crippen LogP contribution is -2.04. The first kappa shape index (κ1) is 29.2. The van der Waals surface area contributed by atoms with Crippen LogP contribution in [0.3, 0.4) is 0 Å². The number of aromatic nitrogens is 6. The summed E-state index contributed by atoms with van der Waals surface area (Å²) in [6.45, 7) is 0. The Balaban J connectivity index is 1.37. The molecule has 54 heavy (non-hydrogen) atoms. The summed E-state index contributed by atoms with van der Waals surface area (Å²) in [6.07, 6.45) is 3.78. The minimum atomic E-state index is 0.621. The van der Waals surface area contributed by atoms with E-state index in [1.54, 1.807) is 0 Å². The second-order valence-electron chi connectivity index (χ2n) is 13.8. The van der Waals surface area contributed by atoms with Crippen molar-refractivity contribution < 1.29 is 0 Å². The van der Waals surface area contributed by atoms with Crippen LogP contribution in [0.2, 0.25) is 0 Å². The van der Waals surface area contributed by atoms with Crippen LogP contribution < -0.4 is 0 Å². The van der Waals surface area contributed by atoms with Gasteiger partial charge >= 0.3 is 0 Å². The predicted octanol–water partition coefficient (Wildman–Crippen LogP) is 11.7. The molecule has 0 aliphatic heterocycles. The fourth-order valence-corrected chi connectivity index (χ4v) is 8.77. The number of benzene rings is 7. The van der Waals surface area contributed by atoms with E-state index in [0.717, 1.165) is 93.3 Å². The molecule has 0 radical (unpaired) electrons. The SMILES string of the molecule is c1ccc(-c2nc(-n3c4ccc5ccccc5c4c4c5cccnc5c5c(c6ccccc6n5-c5cccc6cccnc56)c43)nc3ccccc23)cc1. The number of hydrogen-bond donors (Lipinski definition) is 0. The van der Waals surface area contributed by atoms with Crippen LogP contribution in [0.4, 0.5) is 0 Å². The van der Waals surface area contributed by atoms with Crippen molar-refractivity contribution in [2.75, 3.05) is 0 Å². The van der Waals surface area contributed by atoms with Gasteiger partial charge in [-0.1, -0.05) is 121 Å². The Labute approximate surface area is 308 Å². The Bertz CT molecular complexity index is 3500. The van der Waals surface area contributed by atoms with Gasteiger partial charge in [0, 0.05) is 55.7 Å². The number of fused-ring (bicyclic) bond motifs is 14. The fraction of sp³-hybridized carbons (Fsp3) is 0. The summed E-state index contributed by atoms with van der Waals surface area (Å²) in [5, 5.41) is 10.0. The molecule has 0 unspecified atom stereocenters. The average Bonchev–Trinajstić information content (AvgIpc) is 3.78. The molecule has 0 bridgehead atoms. The van der Waals surface area contributed by atoms with Gasteiger partial charge in [-0.3, -0.25) is 14.5 Å². The normalized spacial score (nSPS) is 12.1. The van der Waals surface area contributed by atoms with Crippen LogP contribution >= 0.6 is 0 Å². The molecule has 0 spiro atoms. The largest absolute Gasteiger partial charge is 0.305 e. The molecule has 0 N–H and O–H groups in total. The van der Waals surface area contributed by atoms with Gasteiger partial charge in [0.25, 0.3) is 0 Å². The topological polar surface area (TPSA) is 61.4 Å². The van der Waals surface area contributed by atoms with Gasteiger partial charge in [-0.2, -0.15) is 0 Å². The first-order valence-corrected chi connectivity index (χ1v) is 18.2. The summed E-state index contributed by atoms with van der Waals surface area (Å²) in [7, 11) is 0. The fourth-order valence-electron chi connectivity index (χ4n) is 8.77. The van der Waals surface area contributed by atoms with E-state index < -0.39 is 0 Å². The first-order valence-electron chi connectivity index (χ1n) is 18.2. The molecule has 0 aliphatic rings. The van der Waals surface area contributed by atoms with Crippen LogP contribution in [-0.4, -0.2) is 29.1 Å². The van der Waals surface area contributed by atoms with E-state index in [4.69, 9.17) is 19.9 Å². The number of rotatable bonds is 3. The second-order valence-corrected chi connectivity index (χ2v) is 13.8. The smallest absolute Gasteiger partial charge is 0.235 e. The summed E-state index contributed by atoms with van der Waals surface area (Å²) in [5.41, 5.74) is 9.90. The maximum absolute atomic E-state index is 5.49. The summed E-state index contributed by atoms with van der Waals surface area (Å²) in [5.74, 6) is 0.621. The van der Waals surface area contributed by atoms with Crippen molar-refractivity contribution in [1.82, 2.24) is 29.1 Å². The second kappa shape index (κ2) is 11.0. The summed E-state index contributed by atoms with van der Waals surface area (Å²) < 4.78 is 4.68. The predicted molar refractivity (Wildman–Crippen MR) is 222 cm³/mol. The van der Waals surface area contributed by atoms with Crippen LogP contribution in [0.15, 0.2) is 170 Å². The Kier molecular flexibility index (Phi) is 5.96.